The van der Waals surface area contributed by atoms with Crippen molar-refractivity contribution in [3.63, 3.8) is 0 Å². The van der Waals surface area contributed by atoms with E-state index < -0.39 is 0 Å². The Hall–Kier alpha value is -2.62. The van der Waals surface area contributed by atoms with Crippen molar-refractivity contribution in [2.24, 2.45) is 0 Å². The molecule has 0 saturated carbocycles. The van der Waals surface area contributed by atoms with Gasteiger partial charge in [-0.25, -0.2) is 0 Å². The molecule has 0 aliphatic rings. The number of anilines is 1. The molecule has 0 fully saturated rings. The summed E-state index contributed by atoms with van der Waals surface area (Å²) >= 11 is 0. The molecule has 0 spiro atoms. The van der Waals surface area contributed by atoms with Crippen LogP contribution in [0.1, 0.15) is 42.2 Å². The summed E-state index contributed by atoms with van der Waals surface area (Å²) < 4.78 is 0. The lowest BCUT2D eigenvalue weighted by Crippen LogP contribution is -2.12. The Labute approximate surface area is 129 Å². The Morgan fingerprint density at radius 3 is 2.64 bits per heavy atom. The van der Waals surface area contributed by atoms with Crippen molar-refractivity contribution in [3.05, 3.63) is 59.8 Å². The van der Waals surface area contributed by atoms with Crippen molar-refractivity contribution < 1.29 is 4.79 Å². The van der Waals surface area contributed by atoms with Gasteiger partial charge >= 0.3 is 0 Å². The van der Waals surface area contributed by atoms with E-state index in [1.165, 1.54) is 5.56 Å². The first-order valence-corrected chi connectivity index (χ1v) is 7.53. The van der Waals surface area contributed by atoms with E-state index in [1.807, 2.05) is 36.4 Å². The number of nitrogens with one attached hydrogen (secondary N) is 2. The van der Waals surface area contributed by atoms with Gasteiger partial charge in [-0.3, -0.25) is 9.89 Å². The third-order valence-electron chi connectivity index (χ3n) is 4.04. The third-order valence-corrected chi connectivity index (χ3v) is 4.04. The van der Waals surface area contributed by atoms with Crippen LogP contribution in [0.2, 0.25) is 0 Å². The van der Waals surface area contributed by atoms with Gasteiger partial charge in [-0.1, -0.05) is 44.2 Å². The molecule has 4 heteroatoms. The highest BCUT2D eigenvalue weighted by molar-refractivity contribution is 6.11. The first kappa shape index (κ1) is 14.3. The number of hydrogen-bond donors (Lipinski definition) is 2. The molecule has 0 bridgehead atoms. The fourth-order valence-corrected chi connectivity index (χ4v) is 2.46. The van der Waals surface area contributed by atoms with E-state index in [0.717, 1.165) is 23.0 Å². The lowest BCUT2D eigenvalue weighted by molar-refractivity contribution is 0.102. The highest BCUT2D eigenvalue weighted by Gasteiger charge is 2.14. The standard InChI is InChI=1S/C18H19N3O/c1-3-12(2)13-8-10-14(11-9-13)19-18(22)17-15-6-4-5-7-16(15)20-21-17/h4-12H,3H2,1-2H3,(H,19,22)(H,20,21). The third kappa shape index (κ3) is 2.72. The second-order valence-electron chi connectivity index (χ2n) is 5.50. The SMILES string of the molecule is CCC(C)c1ccc(NC(=O)c2n[nH]c3ccccc23)cc1. The predicted octanol–water partition coefficient (Wildman–Crippen LogP) is 4.33. The molecule has 4 nitrogen and oxygen atoms in total. The van der Waals surface area contributed by atoms with Crippen LogP contribution in [0.3, 0.4) is 0 Å². The molecule has 0 aliphatic carbocycles. The van der Waals surface area contributed by atoms with Crippen LogP contribution < -0.4 is 5.32 Å². The number of nitrogens with zero attached hydrogens (tertiary/aromatic N) is 1. The Morgan fingerprint density at radius 2 is 1.91 bits per heavy atom. The number of hydrogen-bond acceptors (Lipinski definition) is 2. The maximum atomic E-state index is 12.4. The molecular formula is C18H19N3O. The molecule has 3 aromatic rings. The van der Waals surface area contributed by atoms with Crippen molar-refractivity contribution in [1.82, 2.24) is 10.2 Å². The molecule has 112 valence electrons. The molecule has 3 rings (SSSR count). The summed E-state index contributed by atoms with van der Waals surface area (Å²) in [5.74, 6) is 0.328. The minimum Gasteiger partial charge on any atom is -0.321 e. The Morgan fingerprint density at radius 1 is 1.18 bits per heavy atom. The second kappa shape index (κ2) is 6.02. The molecule has 1 heterocycles. The molecule has 0 aliphatic heterocycles. The van der Waals surface area contributed by atoms with E-state index >= 15 is 0 Å². The van der Waals surface area contributed by atoms with E-state index in [9.17, 15) is 4.79 Å². The molecule has 0 radical (unpaired) electrons. The van der Waals surface area contributed by atoms with E-state index in [-0.39, 0.29) is 5.91 Å². The number of fused-ring (bicyclic) bond motifs is 1. The van der Waals surface area contributed by atoms with Gasteiger partial charge in [0.05, 0.1) is 5.52 Å². The minimum absolute atomic E-state index is 0.200. The van der Waals surface area contributed by atoms with Crippen LogP contribution in [-0.2, 0) is 0 Å². The number of amides is 1. The van der Waals surface area contributed by atoms with Crippen molar-refractivity contribution in [3.8, 4) is 0 Å². The molecule has 0 saturated heterocycles. The molecule has 22 heavy (non-hydrogen) atoms. The number of aromatic nitrogens is 2. The highest BCUT2D eigenvalue weighted by Crippen LogP contribution is 2.21. The summed E-state index contributed by atoms with van der Waals surface area (Å²) in [4.78, 5) is 12.4. The van der Waals surface area contributed by atoms with Crippen LogP contribution in [-0.4, -0.2) is 16.1 Å². The molecule has 1 aromatic heterocycles. The van der Waals surface area contributed by atoms with Crippen molar-refractivity contribution in [2.45, 2.75) is 26.2 Å². The lowest BCUT2D eigenvalue weighted by Gasteiger charge is -2.10. The summed E-state index contributed by atoms with van der Waals surface area (Å²) in [6.07, 6.45) is 1.10. The number of para-hydroxylation sites is 1. The van der Waals surface area contributed by atoms with Crippen LogP contribution >= 0.6 is 0 Å². The Bertz CT molecular complexity index is 789. The van der Waals surface area contributed by atoms with Gasteiger partial charge in [0, 0.05) is 11.1 Å². The van der Waals surface area contributed by atoms with Crippen LogP contribution in [0.5, 0.6) is 0 Å². The second-order valence-corrected chi connectivity index (χ2v) is 5.50. The number of aromatic amines is 1. The molecule has 2 N–H and O–H groups in total. The zero-order valence-corrected chi connectivity index (χ0v) is 12.8. The zero-order valence-electron chi connectivity index (χ0n) is 12.8. The topological polar surface area (TPSA) is 57.8 Å². The average molecular weight is 293 g/mol. The fourth-order valence-electron chi connectivity index (χ4n) is 2.46. The van der Waals surface area contributed by atoms with E-state index in [2.05, 4.69) is 41.5 Å². The van der Waals surface area contributed by atoms with Gasteiger partial charge in [0.25, 0.3) is 5.91 Å². The van der Waals surface area contributed by atoms with Gasteiger partial charge in [-0.2, -0.15) is 5.10 Å². The normalized spacial score (nSPS) is 12.3. The van der Waals surface area contributed by atoms with E-state index in [1.54, 1.807) is 0 Å². The van der Waals surface area contributed by atoms with Gasteiger partial charge in [0.1, 0.15) is 0 Å². The average Bonchev–Trinajstić information content (AvgIpc) is 2.99. The Balaban J connectivity index is 1.79. The van der Waals surface area contributed by atoms with Crippen molar-refractivity contribution in [2.75, 3.05) is 5.32 Å². The first-order chi connectivity index (χ1) is 10.7. The molecule has 1 atom stereocenters. The Kier molecular flexibility index (Phi) is 3.92. The summed E-state index contributed by atoms with van der Waals surface area (Å²) in [7, 11) is 0. The lowest BCUT2D eigenvalue weighted by atomic mass is 9.99. The van der Waals surface area contributed by atoms with Crippen LogP contribution in [0.25, 0.3) is 10.9 Å². The van der Waals surface area contributed by atoms with Gasteiger partial charge in [-0.15, -0.1) is 0 Å². The molecule has 1 amide bonds. The smallest absolute Gasteiger partial charge is 0.276 e. The number of benzene rings is 2. The largest absolute Gasteiger partial charge is 0.321 e. The minimum atomic E-state index is -0.200. The van der Waals surface area contributed by atoms with Crippen LogP contribution in [0.4, 0.5) is 5.69 Å². The monoisotopic (exact) mass is 293 g/mol. The van der Waals surface area contributed by atoms with Gasteiger partial charge in [-0.05, 0) is 36.1 Å². The summed E-state index contributed by atoms with van der Waals surface area (Å²) in [6, 6.07) is 15.6. The van der Waals surface area contributed by atoms with Gasteiger partial charge in [0.2, 0.25) is 0 Å². The highest BCUT2D eigenvalue weighted by atomic mass is 16.1. The van der Waals surface area contributed by atoms with Gasteiger partial charge < -0.3 is 5.32 Å². The number of H-pyrrole nitrogens is 1. The number of rotatable bonds is 4. The first-order valence-electron chi connectivity index (χ1n) is 7.53. The molecular weight excluding hydrogens is 274 g/mol. The van der Waals surface area contributed by atoms with Gasteiger partial charge in [0.15, 0.2) is 5.69 Å². The summed E-state index contributed by atoms with van der Waals surface area (Å²) in [6.45, 7) is 4.37. The van der Waals surface area contributed by atoms with Crippen LogP contribution in [0.15, 0.2) is 48.5 Å². The maximum absolute atomic E-state index is 12.4. The molecule has 1 unspecified atom stereocenters. The maximum Gasteiger partial charge on any atom is 0.276 e. The fraction of sp³-hybridized carbons (Fsp3) is 0.222. The zero-order chi connectivity index (χ0) is 15.5. The number of carbonyl (C=O) groups excluding carboxylic acids is 1. The van der Waals surface area contributed by atoms with Crippen LogP contribution in [0, 0.1) is 0 Å². The van der Waals surface area contributed by atoms with E-state index in [4.69, 9.17) is 0 Å². The predicted molar refractivity (Wildman–Crippen MR) is 89.2 cm³/mol. The number of carbonyl (C=O) groups is 1. The van der Waals surface area contributed by atoms with Crippen molar-refractivity contribution >= 4 is 22.5 Å². The summed E-state index contributed by atoms with van der Waals surface area (Å²) in [5, 5.41) is 10.7. The summed E-state index contributed by atoms with van der Waals surface area (Å²) in [5.41, 5.74) is 3.34. The van der Waals surface area contributed by atoms with E-state index in [0.29, 0.717) is 11.6 Å². The molecule has 2 aromatic carbocycles. The van der Waals surface area contributed by atoms with Crippen molar-refractivity contribution in [1.29, 1.82) is 0 Å². The quantitative estimate of drug-likeness (QED) is 0.752.